The fourth-order valence-corrected chi connectivity index (χ4v) is 4.90. The minimum Gasteiger partial charge on any atom is -0.339 e. The molecule has 1 heterocycles. The van der Waals surface area contributed by atoms with Gasteiger partial charge in [-0.2, -0.15) is 0 Å². The summed E-state index contributed by atoms with van der Waals surface area (Å²) in [5, 5.41) is 2.75. The van der Waals surface area contributed by atoms with Crippen molar-refractivity contribution in [1.29, 1.82) is 0 Å². The van der Waals surface area contributed by atoms with Gasteiger partial charge in [-0.15, -0.1) is 0 Å². The number of hydrogen-bond acceptors (Lipinski definition) is 4. The third-order valence-corrected chi connectivity index (χ3v) is 6.88. The third kappa shape index (κ3) is 6.75. The van der Waals surface area contributed by atoms with Crippen molar-refractivity contribution in [2.24, 2.45) is 0 Å². The number of halogens is 2. The lowest BCUT2D eigenvalue weighted by molar-refractivity contribution is -0.116. The zero-order valence-electron chi connectivity index (χ0n) is 19.1. The van der Waals surface area contributed by atoms with Gasteiger partial charge in [0.25, 0.3) is 5.91 Å². The van der Waals surface area contributed by atoms with E-state index in [2.05, 4.69) is 5.32 Å². The van der Waals surface area contributed by atoms with Crippen molar-refractivity contribution in [2.75, 3.05) is 35.5 Å². The molecule has 7 nitrogen and oxygen atoms in total. The van der Waals surface area contributed by atoms with Crippen LogP contribution in [0.3, 0.4) is 0 Å². The first-order valence-electron chi connectivity index (χ1n) is 11.3. The Morgan fingerprint density at radius 3 is 2.32 bits per heavy atom. The summed E-state index contributed by atoms with van der Waals surface area (Å²) in [4.78, 5) is 27.4. The lowest BCUT2D eigenvalue weighted by atomic mass is 10.1. The number of sulfonamides is 1. The van der Waals surface area contributed by atoms with E-state index in [4.69, 9.17) is 0 Å². The molecule has 0 unspecified atom stereocenters. The summed E-state index contributed by atoms with van der Waals surface area (Å²) in [7, 11) is -3.78. The summed E-state index contributed by atoms with van der Waals surface area (Å²) in [6.45, 7) is 1.28. The molecular formula is C24H29F2N3O4S. The molecule has 0 spiro atoms. The average Bonchev–Trinajstić information content (AvgIpc) is 3.07. The van der Waals surface area contributed by atoms with E-state index in [1.165, 1.54) is 6.07 Å². The Morgan fingerprint density at radius 1 is 1.00 bits per heavy atom. The van der Waals surface area contributed by atoms with Crippen molar-refractivity contribution in [3.05, 3.63) is 59.7 Å². The minimum atomic E-state index is -3.78. The van der Waals surface area contributed by atoms with Crippen molar-refractivity contribution in [2.45, 2.75) is 38.5 Å². The van der Waals surface area contributed by atoms with E-state index in [1.807, 2.05) is 4.90 Å². The van der Waals surface area contributed by atoms with E-state index in [0.717, 1.165) is 48.4 Å². The average molecular weight is 494 g/mol. The van der Waals surface area contributed by atoms with Gasteiger partial charge < -0.3 is 10.2 Å². The van der Waals surface area contributed by atoms with Crippen LogP contribution in [0.2, 0.25) is 0 Å². The minimum absolute atomic E-state index is 0.0183. The van der Waals surface area contributed by atoms with Gasteiger partial charge in [-0.05, 0) is 43.5 Å². The number of benzene rings is 2. The largest absolute Gasteiger partial charge is 0.339 e. The van der Waals surface area contributed by atoms with E-state index >= 15 is 0 Å². The SMILES string of the molecule is CS(=O)(=O)N(CCCC(=O)Nc1ccccc1C(=O)N1CCCCCC1)c1ccc(F)c(F)c1. The maximum atomic E-state index is 13.6. The van der Waals surface area contributed by atoms with Gasteiger partial charge in [-0.25, -0.2) is 17.2 Å². The lowest BCUT2D eigenvalue weighted by Crippen LogP contribution is -2.33. The number of anilines is 2. The number of likely N-dealkylation sites (tertiary alicyclic amines) is 1. The summed E-state index contributed by atoms with van der Waals surface area (Å²) in [6.07, 6.45) is 5.17. The highest BCUT2D eigenvalue weighted by molar-refractivity contribution is 7.92. The molecule has 1 fully saturated rings. The Hall–Kier alpha value is -3.01. The second kappa shape index (κ2) is 11.4. The molecule has 1 aliphatic heterocycles. The number of para-hydroxylation sites is 1. The number of carbonyl (C=O) groups is 2. The predicted octanol–water partition coefficient (Wildman–Crippen LogP) is 4.17. The van der Waals surface area contributed by atoms with Crippen LogP contribution in [0.5, 0.6) is 0 Å². The number of nitrogens with zero attached hydrogens (tertiary/aromatic N) is 2. The van der Waals surface area contributed by atoms with Gasteiger partial charge in [0, 0.05) is 32.1 Å². The van der Waals surface area contributed by atoms with E-state index in [-0.39, 0.29) is 36.9 Å². The molecule has 34 heavy (non-hydrogen) atoms. The van der Waals surface area contributed by atoms with Gasteiger partial charge in [0.2, 0.25) is 15.9 Å². The highest BCUT2D eigenvalue weighted by Gasteiger charge is 2.22. The van der Waals surface area contributed by atoms with Crippen molar-refractivity contribution in [3.63, 3.8) is 0 Å². The number of nitrogens with one attached hydrogen (secondary N) is 1. The molecule has 1 N–H and O–H groups in total. The summed E-state index contributed by atoms with van der Waals surface area (Å²) in [5.74, 6) is -2.74. The van der Waals surface area contributed by atoms with Crippen LogP contribution in [0.1, 0.15) is 48.9 Å². The molecule has 0 aliphatic carbocycles. The molecule has 10 heteroatoms. The van der Waals surface area contributed by atoms with Gasteiger partial charge in [0.05, 0.1) is 23.2 Å². The normalized spacial score (nSPS) is 14.4. The van der Waals surface area contributed by atoms with Gasteiger partial charge in [-0.3, -0.25) is 13.9 Å². The molecular weight excluding hydrogens is 464 g/mol. The number of hydrogen-bond donors (Lipinski definition) is 1. The Balaban J connectivity index is 1.63. The maximum Gasteiger partial charge on any atom is 0.255 e. The highest BCUT2D eigenvalue weighted by Crippen LogP contribution is 2.22. The van der Waals surface area contributed by atoms with Crippen molar-refractivity contribution in [1.82, 2.24) is 4.90 Å². The fraction of sp³-hybridized carbons (Fsp3) is 0.417. The van der Waals surface area contributed by atoms with Gasteiger partial charge in [0.1, 0.15) is 0 Å². The smallest absolute Gasteiger partial charge is 0.255 e. The van der Waals surface area contributed by atoms with Gasteiger partial charge in [-0.1, -0.05) is 25.0 Å². The first-order valence-corrected chi connectivity index (χ1v) is 13.1. The summed E-state index contributed by atoms with van der Waals surface area (Å²) < 4.78 is 52.1. The number of amides is 2. The van der Waals surface area contributed by atoms with Gasteiger partial charge >= 0.3 is 0 Å². The van der Waals surface area contributed by atoms with Crippen molar-refractivity contribution in [3.8, 4) is 0 Å². The zero-order chi connectivity index (χ0) is 24.7. The standard InChI is InChI=1S/C24H29F2N3O4S/c1-34(32,33)29(18-12-13-20(25)21(26)17-18)16-8-11-23(30)27-22-10-5-4-9-19(22)24(31)28-14-6-2-3-7-15-28/h4-5,9-10,12-13,17H,2-3,6-8,11,14-16H2,1H3,(H,27,30). The van der Waals surface area contributed by atoms with E-state index < -0.39 is 21.7 Å². The maximum absolute atomic E-state index is 13.6. The second-order valence-corrected chi connectivity index (χ2v) is 10.2. The Bertz CT molecular complexity index is 1130. The molecule has 0 atom stereocenters. The number of carbonyl (C=O) groups excluding carboxylic acids is 2. The lowest BCUT2D eigenvalue weighted by Gasteiger charge is -2.23. The molecule has 1 aliphatic rings. The van der Waals surface area contributed by atoms with Crippen LogP contribution in [0.15, 0.2) is 42.5 Å². The molecule has 2 amide bonds. The molecule has 3 rings (SSSR count). The molecule has 0 bridgehead atoms. The Morgan fingerprint density at radius 2 is 1.68 bits per heavy atom. The quantitative estimate of drug-likeness (QED) is 0.598. The van der Waals surface area contributed by atoms with Crippen molar-refractivity contribution < 1.29 is 26.8 Å². The molecule has 2 aromatic rings. The molecule has 0 radical (unpaired) electrons. The van der Waals surface area contributed by atoms with Crippen LogP contribution < -0.4 is 9.62 Å². The predicted molar refractivity (Wildman–Crippen MR) is 127 cm³/mol. The molecule has 2 aromatic carbocycles. The van der Waals surface area contributed by atoms with E-state index in [1.54, 1.807) is 24.3 Å². The van der Waals surface area contributed by atoms with Crippen LogP contribution >= 0.6 is 0 Å². The topological polar surface area (TPSA) is 86.8 Å². The molecule has 184 valence electrons. The first kappa shape index (κ1) is 25.6. The second-order valence-electron chi connectivity index (χ2n) is 8.34. The van der Waals surface area contributed by atoms with Crippen LogP contribution in [0.25, 0.3) is 0 Å². The Labute approximate surface area is 198 Å². The molecule has 0 saturated carbocycles. The van der Waals surface area contributed by atoms with Crippen molar-refractivity contribution >= 4 is 33.2 Å². The first-order chi connectivity index (χ1) is 16.2. The fourth-order valence-electron chi connectivity index (χ4n) is 3.95. The molecule has 0 aromatic heterocycles. The summed E-state index contributed by atoms with van der Waals surface area (Å²) in [5.41, 5.74) is 0.801. The van der Waals surface area contributed by atoms with Crippen LogP contribution in [-0.4, -0.2) is 51.0 Å². The highest BCUT2D eigenvalue weighted by atomic mass is 32.2. The van der Waals surface area contributed by atoms with Gasteiger partial charge in [0.15, 0.2) is 11.6 Å². The van der Waals surface area contributed by atoms with Crippen LogP contribution in [0, 0.1) is 11.6 Å². The van der Waals surface area contributed by atoms with Crippen LogP contribution in [0.4, 0.5) is 20.2 Å². The Kier molecular flexibility index (Phi) is 8.60. The molecule has 1 saturated heterocycles. The summed E-state index contributed by atoms with van der Waals surface area (Å²) in [6, 6.07) is 9.64. The number of rotatable bonds is 8. The van der Waals surface area contributed by atoms with Crippen LogP contribution in [-0.2, 0) is 14.8 Å². The zero-order valence-corrected chi connectivity index (χ0v) is 19.9. The van der Waals surface area contributed by atoms with E-state index in [0.29, 0.717) is 24.3 Å². The third-order valence-electron chi connectivity index (χ3n) is 5.68. The van der Waals surface area contributed by atoms with E-state index in [9.17, 15) is 26.8 Å². The summed E-state index contributed by atoms with van der Waals surface area (Å²) >= 11 is 0. The monoisotopic (exact) mass is 493 g/mol.